The predicted octanol–water partition coefficient (Wildman–Crippen LogP) is -1.18. The van der Waals surface area contributed by atoms with Crippen LogP contribution in [0, 0.1) is 5.41 Å². The highest BCUT2D eigenvalue weighted by Gasteiger charge is 2.54. The maximum absolute atomic E-state index is 9.17. The second-order valence-electron chi connectivity index (χ2n) is 4.76. The number of hydrogen-bond donors (Lipinski definition) is 5. The number of nitrogens with two attached hydrogens (primary N) is 3. The Morgan fingerprint density at radius 3 is 1.79 bits per heavy atom. The van der Waals surface area contributed by atoms with E-state index in [1.54, 1.807) is 0 Å². The summed E-state index contributed by atoms with van der Waals surface area (Å²) in [4.78, 5) is 0. The van der Waals surface area contributed by atoms with E-state index in [1.807, 2.05) is 6.92 Å². The molecule has 14 heavy (non-hydrogen) atoms. The lowest BCUT2D eigenvalue weighted by molar-refractivity contribution is 0.0620. The van der Waals surface area contributed by atoms with Gasteiger partial charge < -0.3 is 27.4 Å². The van der Waals surface area contributed by atoms with Gasteiger partial charge in [0, 0.05) is 18.4 Å². The number of aliphatic hydroxyl groups excluding tert-OH is 2. The van der Waals surface area contributed by atoms with Gasteiger partial charge in [-0.1, -0.05) is 6.92 Å². The van der Waals surface area contributed by atoms with Crippen LogP contribution in [0.1, 0.15) is 32.6 Å². The van der Waals surface area contributed by atoms with Gasteiger partial charge in [-0.15, -0.1) is 0 Å². The first-order chi connectivity index (χ1) is 6.29. The molecule has 1 fully saturated rings. The first kappa shape index (κ1) is 11.9. The zero-order valence-electron chi connectivity index (χ0n) is 8.61. The average molecular weight is 203 g/mol. The van der Waals surface area contributed by atoms with Crippen LogP contribution in [0.5, 0.6) is 0 Å². The Morgan fingerprint density at radius 2 is 1.57 bits per heavy atom. The van der Waals surface area contributed by atoms with Crippen molar-refractivity contribution in [2.75, 3.05) is 0 Å². The minimum Gasteiger partial charge on any atom is -0.379 e. The van der Waals surface area contributed by atoms with E-state index in [-0.39, 0.29) is 18.3 Å². The standard InChI is InChI=1S/C9H21N3O2/c1-8(2-3-8)9(12,4-6(10)13)5-7(11)14/h6-7,13-14H,2-5,10-12H2,1H3. The first-order valence-corrected chi connectivity index (χ1v) is 4.95. The quantitative estimate of drug-likeness (QED) is 0.360. The molecule has 5 heteroatoms. The van der Waals surface area contributed by atoms with Gasteiger partial charge in [-0.3, -0.25) is 0 Å². The third-order valence-corrected chi connectivity index (χ3v) is 3.35. The van der Waals surface area contributed by atoms with Crippen molar-refractivity contribution in [3.05, 3.63) is 0 Å². The molecule has 0 radical (unpaired) electrons. The fraction of sp³-hybridized carbons (Fsp3) is 1.00. The van der Waals surface area contributed by atoms with E-state index in [2.05, 4.69) is 0 Å². The summed E-state index contributed by atoms with van der Waals surface area (Å²) in [5.74, 6) is 0. The summed E-state index contributed by atoms with van der Waals surface area (Å²) in [6, 6.07) is 0. The summed E-state index contributed by atoms with van der Waals surface area (Å²) in [5.41, 5.74) is 16.1. The van der Waals surface area contributed by atoms with Crippen molar-refractivity contribution in [1.29, 1.82) is 0 Å². The largest absolute Gasteiger partial charge is 0.379 e. The summed E-state index contributed by atoms with van der Waals surface area (Å²) in [6.07, 6.45) is 0.661. The molecule has 0 bridgehead atoms. The normalized spacial score (nSPS) is 27.9. The van der Waals surface area contributed by atoms with Gasteiger partial charge in [-0.05, 0) is 18.3 Å². The molecule has 0 aliphatic heterocycles. The maximum Gasteiger partial charge on any atom is 0.104 e. The van der Waals surface area contributed by atoms with Crippen LogP contribution < -0.4 is 17.2 Å². The van der Waals surface area contributed by atoms with E-state index in [4.69, 9.17) is 27.4 Å². The second-order valence-corrected chi connectivity index (χ2v) is 4.76. The van der Waals surface area contributed by atoms with Gasteiger partial charge in [0.1, 0.15) is 12.5 Å². The predicted molar refractivity (Wildman–Crippen MR) is 53.9 cm³/mol. The lowest BCUT2D eigenvalue weighted by Gasteiger charge is -2.38. The van der Waals surface area contributed by atoms with Gasteiger partial charge in [0.25, 0.3) is 0 Å². The summed E-state index contributed by atoms with van der Waals surface area (Å²) >= 11 is 0. The fourth-order valence-electron chi connectivity index (χ4n) is 2.01. The molecule has 84 valence electrons. The molecule has 2 unspecified atom stereocenters. The zero-order chi connectivity index (χ0) is 11.0. The lowest BCUT2D eigenvalue weighted by atomic mass is 9.76. The zero-order valence-corrected chi connectivity index (χ0v) is 8.61. The summed E-state index contributed by atoms with van der Waals surface area (Å²) in [7, 11) is 0. The summed E-state index contributed by atoms with van der Waals surface area (Å²) in [5, 5.41) is 18.3. The highest BCUT2D eigenvalue weighted by molar-refractivity contribution is 5.09. The number of rotatable bonds is 5. The van der Waals surface area contributed by atoms with Gasteiger partial charge in [0.2, 0.25) is 0 Å². The minimum atomic E-state index is -0.948. The summed E-state index contributed by atoms with van der Waals surface area (Å²) in [6.45, 7) is 2.04. The third kappa shape index (κ3) is 2.43. The molecule has 0 aromatic rings. The molecule has 0 aromatic carbocycles. The van der Waals surface area contributed by atoms with E-state index < -0.39 is 18.0 Å². The minimum absolute atomic E-state index is 0.0340. The second kappa shape index (κ2) is 3.75. The molecule has 1 aliphatic rings. The van der Waals surface area contributed by atoms with Crippen LogP contribution in [0.3, 0.4) is 0 Å². The topological polar surface area (TPSA) is 119 Å². The Hall–Kier alpha value is -0.200. The van der Waals surface area contributed by atoms with E-state index in [0.717, 1.165) is 12.8 Å². The Kier molecular flexibility index (Phi) is 3.18. The molecule has 5 nitrogen and oxygen atoms in total. The molecular formula is C9H21N3O2. The van der Waals surface area contributed by atoms with E-state index in [9.17, 15) is 0 Å². The van der Waals surface area contributed by atoms with E-state index >= 15 is 0 Å². The molecule has 0 spiro atoms. The van der Waals surface area contributed by atoms with Crippen molar-refractivity contribution in [2.24, 2.45) is 22.6 Å². The van der Waals surface area contributed by atoms with Crippen LogP contribution in [0.25, 0.3) is 0 Å². The van der Waals surface area contributed by atoms with Gasteiger partial charge in [0.05, 0.1) is 0 Å². The Bertz CT molecular complexity index is 192. The molecule has 1 aliphatic carbocycles. The van der Waals surface area contributed by atoms with Crippen molar-refractivity contribution in [2.45, 2.75) is 50.6 Å². The molecule has 8 N–H and O–H groups in total. The maximum atomic E-state index is 9.17. The smallest absolute Gasteiger partial charge is 0.104 e. The van der Waals surface area contributed by atoms with Crippen molar-refractivity contribution >= 4 is 0 Å². The molecular weight excluding hydrogens is 182 g/mol. The van der Waals surface area contributed by atoms with E-state index in [1.165, 1.54) is 0 Å². The monoisotopic (exact) mass is 203 g/mol. The lowest BCUT2D eigenvalue weighted by Crippen LogP contribution is -2.54. The Morgan fingerprint density at radius 1 is 1.21 bits per heavy atom. The van der Waals surface area contributed by atoms with Crippen molar-refractivity contribution in [1.82, 2.24) is 0 Å². The van der Waals surface area contributed by atoms with Gasteiger partial charge in [-0.2, -0.15) is 0 Å². The van der Waals surface area contributed by atoms with Crippen LogP contribution in [-0.2, 0) is 0 Å². The van der Waals surface area contributed by atoms with Crippen LogP contribution in [0.4, 0.5) is 0 Å². The highest BCUT2D eigenvalue weighted by atomic mass is 16.3. The van der Waals surface area contributed by atoms with Gasteiger partial charge in [-0.25, -0.2) is 0 Å². The number of hydrogen-bond acceptors (Lipinski definition) is 5. The molecule has 2 atom stereocenters. The SMILES string of the molecule is CC1(C(N)(CC(N)O)CC(N)O)CC1. The molecule has 1 rings (SSSR count). The third-order valence-electron chi connectivity index (χ3n) is 3.35. The first-order valence-electron chi connectivity index (χ1n) is 4.95. The Labute approximate surface area is 84.3 Å². The molecule has 0 saturated heterocycles. The highest BCUT2D eigenvalue weighted by Crippen LogP contribution is 2.55. The van der Waals surface area contributed by atoms with Crippen LogP contribution in [-0.4, -0.2) is 28.2 Å². The van der Waals surface area contributed by atoms with E-state index in [0.29, 0.717) is 0 Å². The molecule has 0 aromatic heterocycles. The van der Waals surface area contributed by atoms with Crippen LogP contribution in [0.15, 0.2) is 0 Å². The van der Waals surface area contributed by atoms with Gasteiger partial charge in [0.15, 0.2) is 0 Å². The van der Waals surface area contributed by atoms with Crippen LogP contribution in [0.2, 0.25) is 0 Å². The van der Waals surface area contributed by atoms with Crippen molar-refractivity contribution in [3.63, 3.8) is 0 Å². The van der Waals surface area contributed by atoms with Crippen molar-refractivity contribution < 1.29 is 10.2 Å². The molecule has 1 saturated carbocycles. The number of aliphatic hydroxyl groups is 2. The summed E-state index contributed by atoms with van der Waals surface area (Å²) < 4.78 is 0. The molecule has 0 amide bonds. The fourth-order valence-corrected chi connectivity index (χ4v) is 2.01. The van der Waals surface area contributed by atoms with Crippen LogP contribution >= 0.6 is 0 Å². The van der Waals surface area contributed by atoms with Crippen molar-refractivity contribution in [3.8, 4) is 0 Å². The Balaban J connectivity index is 2.68. The molecule has 0 heterocycles. The average Bonchev–Trinajstić information content (AvgIpc) is 2.64. The van der Waals surface area contributed by atoms with Gasteiger partial charge >= 0.3 is 0 Å².